The molecule has 0 saturated heterocycles. The first-order valence-electron chi connectivity index (χ1n) is 15.0. The number of nitrogens with one attached hydrogen (secondary N) is 2. The summed E-state index contributed by atoms with van der Waals surface area (Å²) in [5.41, 5.74) is 11.2. The van der Waals surface area contributed by atoms with Crippen molar-refractivity contribution in [2.75, 3.05) is 38.3 Å². The number of hydrazine groups is 1. The Labute approximate surface area is 254 Å². The second-order valence-electron chi connectivity index (χ2n) is 10.7. The molecular formula is C32H47N7O4. The molecule has 11 nitrogen and oxygen atoms in total. The molecule has 1 aliphatic carbocycles. The maximum Gasteiger partial charge on any atom is 0.259 e. The fourth-order valence-corrected chi connectivity index (χ4v) is 4.84. The highest BCUT2D eigenvalue weighted by atomic mass is 16.5. The lowest BCUT2D eigenvalue weighted by Crippen LogP contribution is -2.30. The zero-order chi connectivity index (χ0) is 31.0. The molecule has 43 heavy (non-hydrogen) atoms. The highest BCUT2D eigenvalue weighted by Gasteiger charge is 2.15. The molecule has 0 radical (unpaired) electrons. The summed E-state index contributed by atoms with van der Waals surface area (Å²) in [6.45, 7) is 8.80. The zero-order valence-corrected chi connectivity index (χ0v) is 25.7. The van der Waals surface area contributed by atoms with E-state index in [4.69, 9.17) is 21.1 Å². The van der Waals surface area contributed by atoms with Gasteiger partial charge in [-0.15, -0.1) is 0 Å². The number of carbonyl (C=O) groups is 2. The lowest BCUT2D eigenvalue weighted by atomic mass is 9.96. The van der Waals surface area contributed by atoms with Gasteiger partial charge in [-0.25, -0.2) is 10.8 Å². The van der Waals surface area contributed by atoms with E-state index in [9.17, 15) is 9.59 Å². The first-order valence-corrected chi connectivity index (χ1v) is 15.0. The van der Waals surface area contributed by atoms with Gasteiger partial charge < -0.3 is 35.3 Å². The molecule has 1 fully saturated rings. The molecule has 0 aliphatic heterocycles. The fourth-order valence-electron chi connectivity index (χ4n) is 4.84. The van der Waals surface area contributed by atoms with Gasteiger partial charge in [-0.05, 0) is 62.9 Å². The predicted octanol–water partition coefficient (Wildman–Crippen LogP) is 4.14. The van der Waals surface area contributed by atoms with Crippen molar-refractivity contribution in [3.8, 4) is 0 Å². The summed E-state index contributed by atoms with van der Waals surface area (Å²) in [7, 11) is 0. The highest BCUT2D eigenvalue weighted by Crippen LogP contribution is 2.19. The van der Waals surface area contributed by atoms with Crippen molar-refractivity contribution in [2.45, 2.75) is 65.3 Å². The number of ether oxygens (including phenoxy) is 2. The Morgan fingerprint density at radius 2 is 1.77 bits per heavy atom. The summed E-state index contributed by atoms with van der Waals surface area (Å²) < 4.78 is 12.8. The quantitative estimate of drug-likeness (QED) is 0.0943. The normalized spacial score (nSPS) is 13.7. The molecule has 0 bridgehead atoms. The van der Waals surface area contributed by atoms with Crippen LogP contribution in [-0.4, -0.2) is 65.7 Å². The van der Waals surface area contributed by atoms with Gasteiger partial charge in [0, 0.05) is 42.1 Å². The van der Waals surface area contributed by atoms with Gasteiger partial charge >= 0.3 is 0 Å². The number of nitrogens with zero attached hydrogens (tertiary/aromatic N) is 3. The molecule has 1 aliphatic rings. The number of rotatable bonds is 14. The molecule has 234 valence electrons. The predicted molar refractivity (Wildman–Crippen MR) is 170 cm³/mol. The maximum atomic E-state index is 12.8. The van der Waals surface area contributed by atoms with Crippen LogP contribution >= 0.6 is 0 Å². The molecule has 1 saturated carbocycles. The molecule has 1 aromatic carbocycles. The number of fused-ring (bicyclic) bond motifs is 1. The van der Waals surface area contributed by atoms with Crippen LogP contribution in [-0.2, 0) is 14.3 Å². The molecule has 2 heterocycles. The van der Waals surface area contributed by atoms with Gasteiger partial charge in [-0.1, -0.05) is 38.3 Å². The van der Waals surface area contributed by atoms with E-state index in [1.165, 1.54) is 37.1 Å². The Morgan fingerprint density at radius 3 is 2.44 bits per heavy atom. The van der Waals surface area contributed by atoms with Gasteiger partial charge in [0.2, 0.25) is 6.41 Å². The maximum absolute atomic E-state index is 12.8. The molecular weight excluding hydrogens is 546 g/mol. The number of hydrogen-bond acceptors (Lipinski definition) is 8. The van der Waals surface area contributed by atoms with E-state index in [0.29, 0.717) is 55.0 Å². The van der Waals surface area contributed by atoms with Crippen LogP contribution in [0.3, 0.4) is 0 Å². The smallest absolute Gasteiger partial charge is 0.259 e. The average Bonchev–Trinajstić information content (AvgIpc) is 3.42. The SMILES string of the molecule is CCCOCCOCCN(N)/C=C(\N)c1ccc(NC(=O)c2ccn3c(C)cc(C)nc23)cc1.O=CNC1CCCCC1. The van der Waals surface area contributed by atoms with Crippen LogP contribution < -0.4 is 22.2 Å². The Hall–Kier alpha value is -3.93. The number of benzene rings is 1. The number of aryl methyl sites for hydroxylation is 2. The van der Waals surface area contributed by atoms with E-state index in [-0.39, 0.29) is 5.91 Å². The van der Waals surface area contributed by atoms with Crippen LogP contribution in [0.2, 0.25) is 0 Å². The summed E-state index contributed by atoms with van der Waals surface area (Å²) >= 11 is 0. The molecule has 4 rings (SSSR count). The largest absolute Gasteiger partial charge is 0.397 e. The van der Waals surface area contributed by atoms with Crippen LogP contribution in [0.15, 0.2) is 48.8 Å². The average molecular weight is 594 g/mol. The molecule has 6 N–H and O–H groups in total. The summed E-state index contributed by atoms with van der Waals surface area (Å²) in [6.07, 6.45) is 11.6. The second kappa shape index (κ2) is 17.9. The number of carbonyl (C=O) groups excluding carboxylic acids is 2. The van der Waals surface area contributed by atoms with E-state index < -0.39 is 0 Å². The van der Waals surface area contributed by atoms with Crippen molar-refractivity contribution in [3.05, 3.63) is 71.3 Å². The van der Waals surface area contributed by atoms with Gasteiger partial charge in [0.25, 0.3) is 5.91 Å². The Morgan fingerprint density at radius 1 is 1.07 bits per heavy atom. The van der Waals surface area contributed by atoms with Gasteiger partial charge in [0.15, 0.2) is 0 Å². The minimum absolute atomic E-state index is 0.218. The number of nitrogens with two attached hydrogens (primary N) is 2. The third-order valence-electron chi connectivity index (χ3n) is 7.09. The zero-order valence-electron chi connectivity index (χ0n) is 25.7. The molecule has 0 unspecified atom stereocenters. The highest BCUT2D eigenvalue weighted by molar-refractivity contribution is 6.08. The Balaban J connectivity index is 0.000000480. The Bertz CT molecular complexity index is 1320. The molecule has 0 atom stereocenters. The molecule has 0 spiro atoms. The van der Waals surface area contributed by atoms with Gasteiger partial charge in [-0.2, -0.15) is 0 Å². The summed E-state index contributed by atoms with van der Waals surface area (Å²) in [4.78, 5) is 27.3. The minimum Gasteiger partial charge on any atom is -0.397 e. The first-order chi connectivity index (χ1) is 20.8. The van der Waals surface area contributed by atoms with Crippen molar-refractivity contribution in [1.82, 2.24) is 19.7 Å². The topological polar surface area (TPSA) is 149 Å². The molecule has 3 aromatic rings. The summed E-state index contributed by atoms with van der Waals surface area (Å²) in [5.74, 6) is 5.77. The first kappa shape index (κ1) is 33.6. The van der Waals surface area contributed by atoms with E-state index in [2.05, 4.69) is 22.5 Å². The summed E-state index contributed by atoms with van der Waals surface area (Å²) in [5, 5.41) is 7.22. The molecule has 2 aromatic heterocycles. The second-order valence-corrected chi connectivity index (χ2v) is 10.7. The number of amides is 2. The van der Waals surface area contributed by atoms with Crippen molar-refractivity contribution >= 4 is 29.3 Å². The van der Waals surface area contributed by atoms with Crippen LogP contribution in [0, 0.1) is 13.8 Å². The van der Waals surface area contributed by atoms with E-state index in [0.717, 1.165) is 36.4 Å². The van der Waals surface area contributed by atoms with Crippen LogP contribution in [0.1, 0.15) is 72.8 Å². The fraction of sp³-hybridized carbons (Fsp3) is 0.469. The van der Waals surface area contributed by atoms with Gasteiger partial charge in [0.1, 0.15) is 5.65 Å². The molecule has 2 amide bonds. The van der Waals surface area contributed by atoms with Crippen LogP contribution in [0.5, 0.6) is 0 Å². The third kappa shape index (κ3) is 11.0. The monoisotopic (exact) mass is 593 g/mol. The lowest BCUT2D eigenvalue weighted by molar-refractivity contribution is -0.110. The number of aromatic nitrogens is 2. The standard InChI is InChI=1S/C25H34N6O3.C7H13NO/c1-4-12-33-14-15-34-13-11-30(27)17-23(26)20-5-7-21(8-6-20)29-25(32)22-9-10-31-19(3)16-18(2)28-24(22)31;9-6-8-7-4-2-1-3-5-7/h5-10,16-17H,4,11-15,26-27H2,1-3H3,(H,29,32);6-7H,1-5H2,(H,8,9)/b23-17-;. The summed E-state index contributed by atoms with van der Waals surface area (Å²) in [6, 6.07) is 11.5. The minimum atomic E-state index is -0.218. The van der Waals surface area contributed by atoms with Crippen LogP contribution in [0.4, 0.5) is 5.69 Å². The van der Waals surface area contributed by atoms with Crippen molar-refractivity contribution < 1.29 is 19.1 Å². The van der Waals surface area contributed by atoms with Crippen molar-refractivity contribution in [3.63, 3.8) is 0 Å². The van der Waals surface area contributed by atoms with E-state index in [1.807, 2.05) is 42.6 Å². The van der Waals surface area contributed by atoms with Gasteiger partial charge in [-0.3, -0.25) is 9.59 Å². The van der Waals surface area contributed by atoms with Crippen LogP contribution in [0.25, 0.3) is 11.3 Å². The van der Waals surface area contributed by atoms with E-state index in [1.54, 1.807) is 24.4 Å². The van der Waals surface area contributed by atoms with Crippen molar-refractivity contribution in [1.29, 1.82) is 0 Å². The molecule has 11 heteroatoms. The Kier molecular flexibility index (Phi) is 14.0. The number of hydrogen-bond donors (Lipinski definition) is 4. The number of anilines is 1. The van der Waals surface area contributed by atoms with E-state index >= 15 is 0 Å². The lowest BCUT2D eigenvalue weighted by Gasteiger charge is -2.19. The van der Waals surface area contributed by atoms with Crippen molar-refractivity contribution in [2.24, 2.45) is 11.6 Å². The third-order valence-corrected chi connectivity index (χ3v) is 7.09. The van der Waals surface area contributed by atoms with Gasteiger partial charge in [0.05, 0.1) is 37.6 Å².